The minimum absolute atomic E-state index is 0.810. The number of hydrogen-bond donors (Lipinski definition) is 0. The van der Waals surface area contributed by atoms with Crippen molar-refractivity contribution in [3.63, 3.8) is 0 Å². The molecule has 2 aromatic rings. The average molecular weight is 259 g/mol. The molecular weight excluding hydrogens is 247 g/mol. The number of thiophene rings is 1. The molecule has 0 fully saturated rings. The van der Waals surface area contributed by atoms with E-state index in [0.717, 1.165) is 9.36 Å². The second-order valence-electron chi connectivity index (χ2n) is 3.15. The highest BCUT2D eigenvalue weighted by Crippen LogP contribution is 2.19. The van der Waals surface area contributed by atoms with Crippen LogP contribution in [-0.4, -0.2) is 0 Å². The van der Waals surface area contributed by atoms with E-state index in [9.17, 15) is 0 Å². The summed E-state index contributed by atoms with van der Waals surface area (Å²) in [5.74, 6) is 0. The lowest BCUT2D eigenvalue weighted by Gasteiger charge is -1.88. The molecule has 0 spiro atoms. The second-order valence-corrected chi connectivity index (χ2v) is 5.50. The van der Waals surface area contributed by atoms with Gasteiger partial charge in [0.25, 0.3) is 0 Å². The van der Waals surface area contributed by atoms with Crippen LogP contribution in [0, 0.1) is 13.8 Å². The van der Waals surface area contributed by atoms with Gasteiger partial charge in [0.2, 0.25) is 0 Å². The summed E-state index contributed by atoms with van der Waals surface area (Å²) < 4.78 is 0.873. The molecule has 1 aromatic carbocycles. The summed E-state index contributed by atoms with van der Waals surface area (Å²) in [6, 6.07) is 11.7. The number of halogens is 2. The van der Waals surface area contributed by atoms with Crippen LogP contribution in [0.25, 0.3) is 0 Å². The third kappa shape index (κ3) is 5.22. The lowest BCUT2D eigenvalue weighted by atomic mass is 10.2. The minimum Gasteiger partial charge on any atom is -0.129 e. The largest absolute Gasteiger partial charge is 0.129 e. The molecule has 0 nitrogen and oxygen atoms in total. The van der Waals surface area contributed by atoms with Crippen molar-refractivity contribution in [2.45, 2.75) is 13.8 Å². The van der Waals surface area contributed by atoms with Crippen LogP contribution in [-0.2, 0) is 0 Å². The van der Waals surface area contributed by atoms with Crippen LogP contribution in [0.4, 0.5) is 0 Å². The first-order valence-corrected chi connectivity index (χ1v) is 6.09. The zero-order valence-electron chi connectivity index (χ0n) is 8.63. The average Bonchev–Trinajstić information content (AvgIpc) is 2.50. The highest BCUT2D eigenvalue weighted by molar-refractivity contribution is 7.16. The van der Waals surface area contributed by atoms with Gasteiger partial charge in [-0.1, -0.05) is 35.3 Å². The van der Waals surface area contributed by atoms with E-state index in [1.54, 1.807) is 11.3 Å². The van der Waals surface area contributed by atoms with Gasteiger partial charge in [0.05, 0.1) is 4.34 Å². The van der Waals surface area contributed by atoms with E-state index in [1.165, 1.54) is 10.4 Å². The zero-order valence-corrected chi connectivity index (χ0v) is 11.0. The van der Waals surface area contributed by atoms with E-state index >= 15 is 0 Å². The maximum Gasteiger partial charge on any atom is 0.0931 e. The van der Waals surface area contributed by atoms with Crippen molar-refractivity contribution < 1.29 is 0 Å². The molecule has 0 bridgehead atoms. The van der Waals surface area contributed by atoms with Crippen molar-refractivity contribution in [1.82, 2.24) is 0 Å². The number of hydrogen-bond acceptors (Lipinski definition) is 1. The molecular formula is C12H12Cl2S. The fourth-order valence-electron chi connectivity index (χ4n) is 1.01. The standard InChI is InChI=1S/C7H7Cl.C5H5ClS/c1-6-3-2-4-7(8)5-6;1-4-2-3-5(6)7-4/h2-5H,1H3;2-3H,1H3. The molecule has 1 aromatic heterocycles. The van der Waals surface area contributed by atoms with E-state index in [-0.39, 0.29) is 0 Å². The third-order valence-electron chi connectivity index (χ3n) is 1.69. The SMILES string of the molecule is Cc1ccc(Cl)s1.Cc1cccc(Cl)c1. The summed E-state index contributed by atoms with van der Waals surface area (Å²) in [5.41, 5.74) is 1.21. The quantitative estimate of drug-likeness (QED) is 0.597. The predicted molar refractivity (Wildman–Crippen MR) is 70.3 cm³/mol. The summed E-state index contributed by atoms with van der Waals surface area (Å²) in [6.45, 7) is 4.06. The van der Waals surface area contributed by atoms with E-state index in [0.29, 0.717) is 0 Å². The molecule has 80 valence electrons. The lowest BCUT2D eigenvalue weighted by molar-refractivity contribution is 1.47. The molecule has 0 aliphatic rings. The Morgan fingerprint density at radius 3 is 2.00 bits per heavy atom. The topological polar surface area (TPSA) is 0 Å². The highest BCUT2D eigenvalue weighted by Gasteiger charge is 1.86. The van der Waals surface area contributed by atoms with Crippen LogP contribution in [0.5, 0.6) is 0 Å². The van der Waals surface area contributed by atoms with Gasteiger partial charge < -0.3 is 0 Å². The molecule has 0 N–H and O–H groups in total. The van der Waals surface area contributed by atoms with Gasteiger partial charge >= 0.3 is 0 Å². The molecule has 0 saturated heterocycles. The Bertz CT molecular complexity index is 387. The van der Waals surface area contributed by atoms with Crippen LogP contribution in [0.3, 0.4) is 0 Å². The van der Waals surface area contributed by atoms with Crippen LogP contribution in [0.2, 0.25) is 9.36 Å². The molecule has 0 radical (unpaired) electrons. The summed E-state index contributed by atoms with van der Waals surface area (Å²) in [6.07, 6.45) is 0. The van der Waals surface area contributed by atoms with Crippen LogP contribution in [0.1, 0.15) is 10.4 Å². The Kier molecular flexibility index (Phi) is 5.16. The molecule has 2 rings (SSSR count). The lowest BCUT2D eigenvalue weighted by Crippen LogP contribution is -1.66. The Hall–Kier alpha value is -0.500. The van der Waals surface area contributed by atoms with Gasteiger partial charge in [0, 0.05) is 9.90 Å². The van der Waals surface area contributed by atoms with Crippen LogP contribution >= 0.6 is 34.5 Å². The van der Waals surface area contributed by atoms with E-state index < -0.39 is 0 Å². The Labute approximate surface area is 104 Å². The van der Waals surface area contributed by atoms with Gasteiger partial charge in [-0.3, -0.25) is 0 Å². The summed E-state index contributed by atoms with van der Waals surface area (Å²) in [7, 11) is 0. The van der Waals surface area contributed by atoms with Crippen molar-refractivity contribution in [2.24, 2.45) is 0 Å². The molecule has 0 aliphatic heterocycles. The van der Waals surface area contributed by atoms with Gasteiger partial charge in [-0.05, 0) is 43.7 Å². The molecule has 0 amide bonds. The van der Waals surface area contributed by atoms with Gasteiger partial charge in [-0.15, -0.1) is 11.3 Å². The molecule has 0 unspecified atom stereocenters. The predicted octanol–water partition coefficient (Wildman–Crippen LogP) is 5.36. The fourth-order valence-corrected chi connectivity index (χ4v) is 2.26. The van der Waals surface area contributed by atoms with Crippen LogP contribution in [0.15, 0.2) is 36.4 Å². The first kappa shape index (κ1) is 12.6. The molecule has 0 atom stereocenters. The number of aryl methyl sites for hydroxylation is 2. The van der Waals surface area contributed by atoms with Crippen molar-refractivity contribution in [3.8, 4) is 0 Å². The molecule has 3 heteroatoms. The van der Waals surface area contributed by atoms with Crippen molar-refractivity contribution in [2.75, 3.05) is 0 Å². The summed E-state index contributed by atoms with van der Waals surface area (Å²) in [5, 5.41) is 0.810. The van der Waals surface area contributed by atoms with E-state index in [4.69, 9.17) is 23.2 Å². The first-order chi connectivity index (χ1) is 7.08. The molecule has 0 aliphatic carbocycles. The Balaban J connectivity index is 0.000000151. The van der Waals surface area contributed by atoms with E-state index in [1.807, 2.05) is 50.2 Å². The maximum absolute atomic E-state index is 5.64. The smallest absolute Gasteiger partial charge is 0.0931 e. The second kappa shape index (κ2) is 6.16. The monoisotopic (exact) mass is 258 g/mol. The minimum atomic E-state index is 0.810. The van der Waals surface area contributed by atoms with Gasteiger partial charge in [-0.2, -0.15) is 0 Å². The zero-order chi connectivity index (χ0) is 11.3. The molecule has 0 saturated carbocycles. The van der Waals surface area contributed by atoms with E-state index in [2.05, 4.69) is 0 Å². The highest BCUT2D eigenvalue weighted by atomic mass is 35.5. The van der Waals surface area contributed by atoms with Gasteiger partial charge in [0.15, 0.2) is 0 Å². The fraction of sp³-hybridized carbons (Fsp3) is 0.167. The summed E-state index contributed by atoms with van der Waals surface area (Å²) in [4.78, 5) is 1.27. The van der Waals surface area contributed by atoms with Crippen LogP contribution < -0.4 is 0 Å². The normalized spacial score (nSPS) is 9.33. The van der Waals surface area contributed by atoms with Crippen molar-refractivity contribution in [1.29, 1.82) is 0 Å². The molecule has 1 heterocycles. The third-order valence-corrected chi connectivity index (χ3v) is 3.07. The summed E-state index contributed by atoms with van der Waals surface area (Å²) >= 11 is 12.8. The number of rotatable bonds is 0. The van der Waals surface area contributed by atoms with Crippen molar-refractivity contribution in [3.05, 3.63) is 56.2 Å². The molecule has 15 heavy (non-hydrogen) atoms. The maximum atomic E-state index is 5.64. The number of benzene rings is 1. The van der Waals surface area contributed by atoms with Gasteiger partial charge in [0.1, 0.15) is 0 Å². The van der Waals surface area contributed by atoms with Crippen molar-refractivity contribution >= 4 is 34.5 Å². The first-order valence-electron chi connectivity index (χ1n) is 4.52. The Morgan fingerprint density at radius 1 is 1.00 bits per heavy atom. The van der Waals surface area contributed by atoms with Gasteiger partial charge in [-0.25, -0.2) is 0 Å². The Morgan fingerprint density at radius 2 is 1.73 bits per heavy atom.